The Labute approximate surface area is 142 Å². The highest BCUT2D eigenvalue weighted by Crippen LogP contribution is 2.37. The minimum absolute atomic E-state index is 0.713. The van der Waals surface area contributed by atoms with Gasteiger partial charge in [0.25, 0.3) is 0 Å². The van der Waals surface area contributed by atoms with Crippen molar-refractivity contribution in [3.8, 4) is 0 Å². The van der Waals surface area contributed by atoms with Crippen molar-refractivity contribution in [1.82, 2.24) is 0 Å². The lowest BCUT2D eigenvalue weighted by atomic mass is 9.77. The number of benzene rings is 1. The quantitative estimate of drug-likeness (QED) is 0.398. The number of hydrogen-bond donors (Lipinski definition) is 0. The van der Waals surface area contributed by atoms with E-state index in [0.29, 0.717) is 13.2 Å². The fourth-order valence-corrected chi connectivity index (χ4v) is 3.43. The van der Waals surface area contributed by atoms with Crippen molar-refractivity contribution in [1.29, 1.82) is 0 Å². The predicted molar refractivity (Wildman–Crippen MR) is 99.7 cm³/mol. The molecule has 0 bridgehead atoms. The average molecular weight is 312 g/mol. The van der Waals surface area contributed by atoms with Crippen LogP contribution in [0.1, 0.15) is 69.4 Å². The van der Waals surface area contributed by atoms with E-state index < -0.39 is 0 Å². The van der Waals surface area contributed by atoms with Crippen molar-refractivity contribution >= 4 is 0 Å². The molecule has 1 saturated carbocycles. The summed E-state index contributed by atoms with van der Waals surface area (Å²) in [7, 11) is 0. The predicted octanol–water partition coefficient (Wildman–Crippen LogP) is 6.41. The second-order valence-corrected chi connectivity index (χ2v) is 6.66. The maximum atomic E-state index is 5.67. The minimum Gasteiger partial charge on any atom is -0.373 e. The monoisotopic (exact) mass is 312 g/mol. The Morgan fingerprint density at radius 1 is 1.00 bits per heavy atom. The molecule has 126 valence electrons. The lowest BCUT2D eigenvalue weighted by molar-refractivity contribution is 0.148. The van der Waals surface area contributed by atoms with Crippen molar-refractivity contribution in [3.63, 3.8) is 0 Å². The summed E-state index contributed by atoms with van der Waals surface area (Å²) in [5.41, 5.74) is 2.80. The van der Waals surface area contributed by atoms with Crippen LogP contribution < -0.4 is 0 Å². The van der Waals surface area contributed by atoms with Crippen LogP contribution in [0.2, 0.25) is 0 Å². The summed E-state index contributed by atoms with van der Waals surface area (Å²) in [5.74, 6) is 1.67. The summed E-state index contributed by atoms with van der Waals surface area (Å²) in [6.07, 6.45) is 16.6. The molecule has 0 spiro atoms. The van der Waals surface area contributed by atoms with Crippen molar-refractivity contribution in [2.45, 2.75) is 64.9 Å². The van der Waals surface area contributed by atoms with Gasteiger partial charge in [0.15, 0.2) is 0 Å². The van der Waals surface area contributed by atoms with Gasteiger partial charge in [-0.3, -0.25) is 0 Å². The lowest BCUT2D eigenvalue weighted by Gasteiger charge is -2.28. The average Bonchev–Trinajstić information content (AvgIpc) is 2.61. The van der Waals surface area contributed by atoms with Crippen LogP contribution in [0.4, 0.5) is 0 Å². The van der Waals surface area contributed by atoms with E-state index >= 15 is 0 Å². The van der Waals surface area contributed by atoms with Crippen LogP contribution in [-0.2, 0) is 11.3 Å². The SMILES string of the molecule is CC=CCC1CCC(c2ccc(COCC=CCC)cc2)CC1. The summed E-state index contributed by atoms with van der Waals surface area (Å²) >= 11 is 0. The highest BCUT2D eigenvalue weighted by molar-refractivity contribution is 5.25. The Morgan fingerprint density at radius 3 is 2.39 bits per heavy atom. The highest BCUT2D eigenvalue weighted by atomic mass is 16.5. The Kier molecular flexibility index (Phi) is 8.17. The first-order chi connectivity index (χ1) is 11.3. The number of ether oxygens (including phenoxy) is 1. The van der Waals surface area contributed by atoms with Crippen molar-refractivity contribution in [3.05, 3.63) is 59.7 Å². The third-order valence-electron chi connectivity index (χ3n) is 4.89. The zero-order chi connectivity index (χ0) is 16.3. The maximum absolute atomic E-state index is 5.67. The molecular weight excluding hydrogens is 280 g/mol. The summed E-state index contributed by atoms with van der Waals surface area (Å²) < 4.78 is 5.67. The first kappa shape index (κ1) is 18.0. The van der Waals surface area contributed by atoms with E-state index in [1.807, 2.05) is 0 Å². The molecule has 0 radical (unpaired) electrons. The molecule has 23 heavy (non-hydrogen) atoms. The van der Waals surface area contributed by atoms with Gasteiger partial charge in [0.2, 0.25) is 0 Å². The molecule has 1 aromatic rings. The summed E-state index contributed by atoms with van der Waals surface area (Å²) in [6.45, 7) is 5.69. The molecule has 0 N–H and O–H groups in total. The lowest BCUT2D eigenvalue weighted by Crippen LogP contribution is -2.12. The topological polar surface area (TPSA) is 9.23 Å². The number of rotatable bonds is 8. The van der Waals surface area contributed by atoms with Crippen molar-refractivity contribution in [2.75, 3.05) is 6.61 Å². The van der Waals surface area contributed by atoms with Gasteiger partial charge in [-0.1, -0.05) is 55.5 Å². The van der Waals surface area contributed by atoms with Gasteiger partial charge in [-0.2, -0.15) is 0 Å². The van der Waals surface area contributed by atoms with Gasteiger partial charge in [0.05, 0.1) is 13.2 Å². The third-order valence-corrected chi connectivity index (χ3v) is 4.89. The normalized spacial score (nSPS) is 22.2. The van der Waals surface area contributed by atoms with E-state index in [1.165, 1.54) is 43.2 Å². The molecule has 0 unspecified atom stereocenters. The molecule has 1 nitrogen and oxygen atoms in total. The van der Waals surface area contributed by atoms with Gasteiger partial charge in [-0.25, -0.2) is 0 Å². The molecule has 0 atom stereocenters. The van der Waals surface area contributed by atoms with Gasteiger partial charge in [-0.05, 0) is 68.4 Å². The van der Waals surface area contributed by atoms with Gasteiger partial charge >= 0.3 is 0 Å². The molecule has 2 rings (SSSR count). The first-order valence-corrected chi connectivity index (χ1v) is 9.26. The molecule has 0 aromatic heterocycles. The van der Waals surface area contributed by atoms with E-state index in [-0.39, 0.29) is 0 Å². The molecule has 0 amide bonds. The molecule has 1 fully saturated rings. The minimum atomic E-state index is 0.713. The molecule has 0 aliphatic heterocycles. The molecule has 1 aliphatic carbocycles. The molecule has 1 heteroatoms. The second-order valence-electron chi connectivity index (χ2n) is 6.66. The zero-order valence-electron chi connectivity index (χ0n) is 14.8. The van der Waals surface area contributed by atoms with E-state index in [0.717, 1.165) is 18.3 Å². The van der Waals surface area contributed by atoms with Gasteiger partial charge in [0, 0.05) is 0 Å². The fraction of sp³-hybridized carbons (Fsp3) is 0.545. The molecule has 0 heterocycles. The largest absolute Gasteiger partial charge is 0.373 e. The van der Waals surface area contributed by atoms with Crippen LogP contribution in [0.15, 0.2) is 48.6 Å². The van der Waals surface area contributed by atoms with Gasteiger partial charge in [-0.15, -0.1) is 0 Å². The first-order valence-electron chi connectivity index (χ1n) is 9.26. The number of allylic oxidation sites excluding steroid dienone is 3. The van der Waals surface area contributed by atoms with Gasteiger partial charge in [0.1, 0.15) is 0 Å². The van der Waals surface area contributed by atoms with Crippen molar-refractivity contribution < 1.29 is 4.74 Å². The standard InChI is InChI=1S/C22H32O/c1-3-5-7-17-23-18-20-11-15-22(16-12-20)21-13-9-19(10-14-21)8-6-4-2/h4-7,11-12,15-16,19,21H,3,8-10,13-14,17-18H2,1-2H3. The van der Waals surface area contributed by atoms with Crippen LogP contribution in [0.5, 0.6) is 0 Å². The summed E-state index contributed by atoms with van der Waals surface area (Å²) in [5, 5.41) is 0. The van der Waals surface area contributed by atoms with Gasteiger partial charge < -0.3 is 4.74 Å². The zero-order valence-corrected chi connectivity index (χ0v) is 14.8. The third kappa shape index (κ3) is 6.35. The fourth-order valence-electron chi connectivity index (χ4n) is 3.43. The molecule has 1 aliphatic rings. The van der Waals surface area contributed by atoms with Crippen LogP contribution >= 0.6 is 0 Å². The second kappa shape index (κ2) is 10.4. The Morgan fingerprint density at radius 2 is 1.74 bits per heavy atom. The van der Waals surface area contributed by atoms with Crippen LogP contribution in [0, 0.1) is 5.92 Å². The molecular formula is C22H32O. The number of hydrogen-bond acceptors (Lipinski definition) is 1. The van der Waals surface area contributed by atoms with Crippen LogP contribution in [0.3, 0.4) is 0 Å². The van der Waals surface area contributed by atoms with Crippen molar-refractivity contribution in [2.24, 2.45) is 5.92 Å². The summed E-state index contributed by atoms with van der Waals surface area (Å²) in [6, 6.07) is 9.12. The van der Waals surface area contributed by atoms with Crippen LogP contribution in [-0.4, -0.2) is 6.61 Å². The van der Waals surface area contributed by atoms with E-state index in [1.54, 1.807) is 0 Å². The molecule has 1 aromatic carbocycles. The Hall–Kier alpha value is -1.34. The molecule has 0 saturated heterocycles. The Bertz CT molecular complexity index is 475. The Balaban J connectivity index is 1.75. The van der Waals surface area contributed by atoms with E-state index in [4.69, 9.17) is 4.74 Å². The van der Waals surface area contributed by atoms with Crippen LogP contribution in [0.25, 0.3) is 0 Å². The highest BCUT2D eigenvalue weighted by Gasteiger charge is 2.21. The van der Waals surface area contributed by atoms with E-state index in [2.05, 4.69) is 62.4 Å². The smallest absolute Gasteiger partial charge is 0.0721 e. The van der Waals surface area contributed by atoms with E-state index in [9.17, 15) is 0 Å². The maximum Gasteiger partial charge on any atom is 0.0721 e. The summed E-state index contributed by atoms with van der Waals surface area (Å²) in [4.78, 5) is 0.